The minimum atomic E-state index is -0.0883. The predicted molar refractivity (Wildman–Crippen MR) is 147 cm³/mol. The maximum atomic E-state index is 13.8. The topological polar surface area (TPSA) is 57.0 Å². The highest BCUT2D eigenvalue weighted by molar-refractivity contribution is 7.13. The van der Waals surface area contributed by atoms with Gasteiger partial charge in [-0.15, -0.1) is 11.3 Å². The number of aromatic nitrogens is 3. The molecule has 182 valence electrons. The Bertz CT molecular complexity index is 1550. The van der Waals surface area contributed by atoms with Gasteiger partial charge in [0.2, 0.25) is 0 Å². The van der Waals surface area contributed by atoms with E-state index in [2.05, 4.69) is 24.2 Å². The van der Waals surface area contributed by atoms with Crippen molar-refractivity contribution >= 4 is 39.7 Å². The summed E-state index contributed by atoms with van der Waals surface area (Å²) in [4.78, 5) is 22.9. The third-order valence-corrected chi connectivity index (χ3v) is 7.60. The maximum Gasteiger partial charge on any atom is 0.262 e. The van der Waals surface area contributed by atoms with Gasteiger partial charge in [0.15, 0.2) is 0 Å². The van der Waals surface area contributed by atoms with Gasteiger partial charge in [-0.3, -0.25) is 14.3 Å². The van der Waals surface area contributed by atoms with Crippen LogP contribution in [0.4, 0.5) is 0 Å². The van der Waals surface area contributed by atoms with Gasteiger partial charge < -0.3 is 4.74 Å². The van der Waals surface area contributed by atoms with Crippen LogP contribution in [0.5, 0.6) is 5.75 Å². The molecule has 0 spiro atoms. The van der Waals surface area contributed by atoms with Crippen molar-refractivity contribution in [3.05, 3.63) is 99.4 Å². The summed E-state index contributed by atoms with van der Waals surface area (Å²) in [5.41, 5.74) is 6.48. The molecule has 3 heterocycles. The largest absolute Gasteiger partial charge is 0.496 e. The van der Waals surface area contributed by atoms with E-state index >= 15 is 0 Å². The molecular formula is C29H26ClN3O2S. The zero-order chi connectivity index (χ0) is 25.4. The van der Waals surface area contributed by atoms with Gasteiger partial charge in [-0.1, -0.05) is 25.4 Å². The smallest absolute Gasteiger partial charge is 0.262 e. The number of hydrogen-bond acceptors (Lipinski definition) is 5. The van der Waals surface area contributed by atoms with E-state index in [1.54, 1.807) is 48.9 Å². The van der Waals surface area contributed by atoms with Crippen molar-refractivity contribution in [1.82, 2.24) is 14.5 Å². The average molecular weight is 516 g/mol. The second kappa shape index (κ2) is 9.88. The van der Waals surface area contributed by atoms with E-state index in [1.165, 1.54) is 0 Å². The Hall–Kier alpha value is -3.48. The summed E-state index contributed by atoms with van der Waals surface area (Å²) >= 11 is 7.68. The molecule has 5 nitrogen and oxygen atoms in total. The van der Waals surface area contributed by atoms with Crippen LogP contribution < -0.4 is 4.74 Å². The first-order valence-electron chi connectivity index (χ1n) is 11.7. The number of ether oxygens (including phenoxy) is 1. The summed E-state index contributed by atoms with van der Waals surface area (Å²) in [5, 5.41) is 4.67. The van der Waals surface area contributed by atoms with Crippen LogP contribution in [0, 0.1) is 6.92 Å². The van der Waals surface area contributed by atoms with Crippen LogP contribution in [-0.4, -0.2) is 27.6 Å². The minimum absolute atomic E-state index is 0.0883. The molecule has 2 aromatic carbocycles. The molecule has 0 amide bonds. The van der Waals surface area contributed by atoms with Gasteiger partial charge in [0, 0.05) is 57.0 Å². The van der Waals surface area contributed by atoms with Gasteiger partial charge in [0.1, 0.15) is 10.8 Å². The highest BCUT2D eigenvalue weighted by atomic mass is 35.5. The molecule has 36 heavy (non-hydrogen) atoms. The molecule has 0 aliphatic heterocycles. The first-order valence-corrected chi connectivity index (χ1v) is 13.0. The molecule has 0 aliphatic rings. The number of nitrogens with zero attached hydrogens (tertiary/aromatic N) is 3. The number of fused-ring (bicyclic) bond motifs is 1. The number of carbonyl (C=O) groups excluding carboxylic acids is 1. The van der Waals surface area contributed by atoms with Crippen LogP contribution in [0.3, 0.4) is 0 Å². The van der Waals surface area contributed by atoms with Gasteiger partial charge >= 0.3 is 0 Å². The average Bonchev–Trinajstić information content (AvgIpc) is 3.46. The Kier molecular flexibility index (Phi) is 6.65. The van der Waals surface area contributed by atoms with E-state index in [4.69, 9.17) is 21.3 Å². The number of halogens is 1. The SMILES string of the molecule is COc1ccc2c(c(Cc3csc(-c4cccnc4)n3)c(C)n2C(=O)c2ccc(Cl)cc2)c1C(C)C. The van der Waals surface area contributed by atoms with E-state index in [9.17, 15) is 4.79 Å². The Balaban J connectivity index is 1.69. The fraction of sp³-hybridized carbons (Fsp3) is 0.207. The van der Waals surface area contributed by atoms with Crippen molar-refractivity contribution in [2.45, 2.75) is 33.1 Å². The lowest BCUT2D eigenvalue weighted by atomic mass is 9.93. The first kappa shape index (κ1) is 24.2. The number of rotatable bonds is 6. The summed E-state index contributed by atoms with van der Waals surface area (Å²) in [6.07, 6.45) is 4.19. The van der Waals surface area contributed by atoms with Crippen molar-refractivity contribution in [3.63, 3.8) is 0 Å². The molecular weight excluding hydrogens is 490 g/mol. The molecule has 0 atom stereocenters. The molecule has 5 aromatic rings. The van der Waals surface area contributed by atoms with Crippen LogP contribution in [-0.2, 0) is 6.42 Å². The number of thiazole rings is 1. The second-order valence-corrected chi connectivity index (χ2v) is 10.3. The standard InChI is InChI=1S/C29H26ClN3O2S/c1-17(2)26-25(35-4)12-11-24-27(26)23(14-22-16-36-28(32-22)20-6-5-13-31-15-20)18(3)33(24)29(34)19-7-9-21(30)10-8-19/h5-13,15-17H,14H2,1-4H3. The van der Waals surface area contributed by atoms with E-state index in [0.29, 0.717) is 17.0 Å². The van der Waals surface area contributed by atoms with Gasteiger partial charge in [-0.05, 0) is 66.9 Å². The van der Waals surface area contributed by atoms with Crippen molar-refractivity contribution < 1.29 is 9.53 Å². The molecule has 0 bridgehead atoms. The maximum absolute atomic E-state index is 13.8. The van der Waals surface area contributed by atoms with Crippen LogP contribution in [0.2, 0.25) is 5.02 Å². The van der Waals surface area contributed by atoms with Crippen LogP contribution in [0.25, 0.3) is 21.5 Å². The molecule has 0 radical (unpaired) electrons. The number of pyridine rings is 1. The van der Waals surface area contributed by atoms with Crippen molar-refractivity contribution in [3.8, 4) is 16.3 Å². The Labute approximate surface area is 219 Å². The van der Waals surface area contributed by atoms with Crippen molar-refractivity contribution in [2.75, 3.05) is 7.11 Å². The second-order valence-electron chi connectivity index (χ2n) is 9.00. The van der Waals surface area contributed by atoms with Gasteiger partial charge in [-0.25, -0.2) is 4.98 Å². The molecule has 3 aromatic heterocycles. The van der Waals surface area contributed by atoms with Crippen molar-refractivity contribution in [2.24, 2.45) is 0 Å². The molecule has 0 fully saturated rings. The molecule has 7 heteroatoms. The molecule has 0 aliphatic carbocycles. The van der Waals surface area contributed by atoms with Crippen LogP contribution in [0.1, 0.15) is 52.6 Å². The summed E-state index contributed by atoms with van der Waals surface area (Å²) in [7, 11) is 1.69. The van der Waals surface area contributed by atoms with Crippen LogP contribution >= 0.6 is 22.9 Å². The van der Waals surface area contributed by atoms with E-state index in [1.807, 2.05) is 42.0 Å². The first-order chi connectivity index (χ1) is 17.4. The number of benzene rings is 2. The van der Waals surface area contributed by atoms with E-state index < -0.39 is 0 Å². The molecule has 0 N–H and O–H groups in total. The Morgan fingerprint density at radius 2 is 1.92 bits per heavy atom. The Morgan fingerprint density at radius 1 is 1.14 bits per heavy atom. The van der Waals surface area contributed by atoms with Crippen LogP contribution in [0.15, 0.2) is 66.3 Å². The number of hydrogen-bond donors (Lipinski definition) is 0. The quantitative estimate of drug-likeness (QED) is 0.234. The molecule has 0 saturated heterocycles. The van der Waals surface area contributed by atoms with Crippen molar-refractivity contribution in [1.29, 1.82) is 0 Å². The Morgan fingerprint density at radius 3 is 2.58 bits per heavy atom. The minimum Gasteiger partial charge on any atom is -0.496 e. The number of carbonyl (C=O) groups is 1. The lowest BCUT2D eigenvalue weighted by Gasteiger charge is -2.15. The summed E-state index contributed by atoms with van der Waals surface area (Å²) in [5.74, 6) is 0.934. The third-order valence-electron chi connectivity index (χ3n) is 6.41. The fourth-order valence-corrected chi connectivity index (χ4v) is 5.67. The molecule has 0 saturated carbocycles. The predicted octanol–water partition coefficient (Wildman–Crippen LogP) is 7.53. The zero-order valence-corrected chi connectivity index (χ0v) is 22.2. The summed E-state index contributed by atoms with van der Waals surface area (Å²) in [6, 6.07) is 14.9. The lowest BCUT2D eigenvalue weighted by molar-refractivity contribution is 0.0963. The highest BCUT2D eigenvalue weighted by Crippen LogP contribution is 2.40. The van der Waals surface area contributed by atoms with Gasteiger partial charge in [0.05, 0.1) is 18.3 Å². The number of methoxy groups -OCH3 is 1. The molecule has 5 rings (SSSR count). The van der Waals surface area contributed by atoms with E-state index in [0.717, 1.165) is 49.7 Å². The summed E-state index contributed by atoms with van der Waals surface area (Å²) in [6.45, 7) is 6.31. The molecule has 0 unspecified atom stereocenters. The summed E-state index contributed by atoms with van der Waals surface area (Å²) < 4.78 is 7.57. The monoisotopic (exact) mass is 515 g/mol. The zero-order valence-electron chi connectivity index (χ0n) is 20.6. The highest BCUT2D eigenvalue weighted by Gasteiger charge is 2.25. The third kappa shape index (κ3) is 4.31. The van der Waals surface area contributed by atoms with Gasteiger partial charge in [0.25, 0.3) is 5.91 Å². The lowest BCUT2D eigenvalue weighted by Crippen LogP contribution is -2.13. The van der Waals surface area contributed by atoms with Gasteiger partial charge in [-0.2, -0.15) is 0 Å². The normalized spacial score (nSPS) is 11.4. The van der Waals surface area contributed by atoms with E-state index in [-0.39, 0.29) is 11.8 Å². The fourth-order valence-electron chi connectivity index (χ4n) is 4.73.